The number of aromatic amines is 1. The van der Waals surface area contributed by atoms with Crippen molar-refractivity contribution in [3.63, 3.8) is 0 Å². The number of nitrogens with one attached hydrogen (secondary N) is 1. The minimum absolute atomic E-state index is 0.344. The van der Waals surface area contributed by atoms with Crippen molar-refractivity contribution < 1.29 is 9.90 Å². The van der Waals surface area contributed by atoms with E-state index < -0.39 is 5.97 Å². The molecular weight excluding hydrogens is 298 g/mol. The van der Waals surface area contributed by atoms with E-state index >= 15 is 0 Å². The summed E-state index contributed by atoms with van der Waals surface area (Å²) in [6, 6.07) is 7.51. The molecule has 0 fully saturated rings. The maximum Gasteiger partial charge on any atom is 0.335 e. The molecule has 2 rings (SSSR count). The van der Waals surface area contributed by atoms with E-state index in [4.69, 9.17) is 5.11 Å². The lowest BCUT2D eigenvalue weighted by Crippen LogP contribution is -1.98. The van der Waals surface area contributed by atoms with Gasteiger partial charge in [0.25, 0.3) is 0 Å². The standard InChI is InChI=1S/C21H31NO2/c1-3-5-6-7-8-9-10-11-16(4-2)19-14-17-12-13-18(21(23)24)15-20(17)22-19/h12-16,22H,3-11H2,1-2H3,(H,23,24). The highest BCUT2D eigenvalue weighted by molar-refractivity contribution is 5.93. The van der Waals surface area contributed by atoms with E-state index in [1.165, 1.54) is 57.1 Å². The molecule has 0 amide bonds. The second-order valence-corrected chi connectivity index (χ2v) is 6.85. The van der Waals surface area contributed by atoms with Crippen molar-refractivity contribution in [1.29, 1.82) is 0 Å². The first-order valence-corrected chi connectivity index (χ1v) is 9.51. The molecule has 0 aliphatic carbocycles. The van der Waals surface area contributed by atoms with Gasteiger partial charge < -0.3 is 10.1 Å². The molecule has 1 aromatic heterocycles. The molecule has 0 aliphatic rings. The van der Waals surface area contributed by atoms with Crippen LogP contribution < -0.4 is 0 Å². The molecule has 3 heteroatoms. The molecule has 1 atom stereocenters. The normalized spacial score (nSPS) is 12.6. The van der Waals surface area contributed by atoms with Crippen LogP contribution >= 0.6 is 0 Å². The molecule has 0 saturated heterocycles. The van der Waals surface area contributed by atoms with Crippen LogP contribution in [0.1, 0.15) is 93.6 Å². The van der Waals surface area contributed by atoms with E-state index in [-0.39, 0.29) is 0 Å². The monoisotopic (exact) mass is 329 g/mol. The number of benzene rings is 1. The van der Waals surface area contributed by atoms with Crippen LogP contribution in [0.4, 0.5) is 0 Å². The predicted octanol–water partition coefficient (Wildman–Crippen LogP) is 6.50. The highest BCUT2D eigenvalue weighted by Crippen LogP contribution is 2.29. The molecule has 24 heavy (non-hydrogen) atoms. The summed E-state index contributed by atoms with van der Waals surface area (Å²) < 4.78 is 0. The maximum atomic E-state index is 11.1. The van der Waals surface area contributed by atoms with Crippen molar-refractivity contribution >= 4 is 16.9 Å². The van der Waals surface area contributed by atoms with Gasteiger partial charge in [-0.3, -0.25) is 0 Å². The van der Waals surface area contributed by atoms with E-state index in [0.717, 1.165) is 17.3 Å². The average molecular weight is 329 g/mol. The lowest BCUT2D eigenvalue weighted by molar-refractivity contribution is 0.0697. The van der Waals surface area contributed by atoms with Crippen molar-refractivity contribution in [2.75, 3.05) is 0 Å². The molecule has 2 N–H and O–H groups in total. The minimum Gasteiger partial charge on any atom is -0.478 e. The third-order valence-electron chi connectivity index (χ3n) is 4.98. The van der Waals surface area contributed by atoms with Crippen molar-refractivity contribution in [2.24, 2.45) is 0 Å². The number of hydrogen-bond donors (Lipinski definition) is 2. The second kappa shape index (κ2) is 9.51. The quantitative estimate of drug-likeness (QED) is 0.462. The molecule has 1 unspecified atom stereocenters. The molecule has 1 heterocycles. The van der Waals surface area contributed by atoms with Gasteiger partial charge in [0.05, 0.1) is 5.56 Å². The Morgan fingerprint density at radius 1 is 1.04 bits per heavy atom. The molecule has 0 aliphatic heterocycles. The van der Waals surface area contributed by atoms with E-state index in [1.807, 2.05) is 6.07 Å². The molecule has 1 aromatic carbocycles. The lowest BCUT2D eigenvalue weighted by Gasteiger charge is -2.13. The number of H-pyrrole nitrogens is 1. The highest BCUT2D eigenvalue weighted by atomic mass is 16.4. The second-order valence-electron chi connectivity index (χ2n) is 6.85. The number of hydrogen-bond acceptors (Lipinski definition) is 1. The Balaban J connectivity index is 1.90. The molecule has 3 nitrogen and oxygen atoms in total. The minimum atomic E-state index is -0.872. The van der Waals surface area contributed by atoms with Crippen molar-refractivity contribution in [2.45, 2.75) is 77.6 Å². The lowest BCUT2D eigenvalue weighted by atomic mass is 9.94. The smallest absolute Gasteiger partial charge is 0.335 e. The number of fused-ring (bicyclic) bond motifs is 1. The summed E-state index contributed by atoms with van der Waals surface area (Å²) in [5, 5.41) is 10.2. The topological polar surface area (TPSA) is 53.1 Å². The van der Waals surface area contributed by atoms with Crippen LogP contribution in [0.25, 0.3) is 10.9 Å². The summed E-state index contributed by atoms with van der Waals surface area (Å²) in [7, 11) is 0. The van der Waals surface area contributed by atoms with Gasteiger partial charge in [0, 0.05) is 11.2 Å². The number of carboxylic acid groups (broad SMARTS) is 1. The van der Waals surface area contributed by atoms with Gasteiger partial charge in [-0.05, 0) is 42.3 Å². The largest absolute Gasteiger partial charge is 0.478 e. The number of carbonyl (C=O) groups is 1. The van der Waals surface area contributed by atoms with E-state index in [1.54, 1.807) is 12.1 Å². The third kappa shape index (κ3) is 5.12. The highest BCUT2D eigenvalue weighted by Gasteiger charge is 2.13. The summed E-state index contributed by atoms with van der Waals surface area (Å²) in [6.07, 6.45) is 11.7. The summed E-state index contributed by atoms with van der Waals surface area (Å²) in [6.45, 7) is 4.49. The summed E-state index contributed by atoms with van der Waals surface area (Å²) in [5.41, 5.74) is 2.53. The third-order valence-corrected chi connectivity index (χ3v) is 4.98. The van der Waals surface area contributed by atoms with Crippen LogP contribution in [-0.2, 0) is 0 Å². The first-order valence-electron chi connectivity index (χ1n) is 9.51. The fourth-order valence-electron chi connectivity index (χ4n) is 3.43. The first kappa shape index (κ1) is 18.6. The van der Waals surface area contributed by atoms with Crippen molar-refractivity contribution in [1.82, 2.24) is 4.98 Å². The van der Waals surface area contributed by atoms with E-state index in [9.17, 15) is 4.79 Å². The molecule has 0 bridgehead atoms. The van der Waals surface area contributed by atoms with Gasteiger partial charge in [-0.2, -0.15) is 0 Å². The van der Waals surface area contributed by atoms with Crippen LogP contribution in [0.15, 0.2) is 24.3 Å². The van der Waals surface area contributed by atoms with Crippen LogP contribution in [0.5, 0.6) is 0 Å². The Kier molecular flexibility index (Phi) is 7.36. The maximum absolute atomic E-state index is 11.1. The Morgan fingerprint density at radius 2 is 1.75 bits per heavy atom. The zero-order valence-corrected chi connectivity index (χ0v) is 15.1. The van der Waals surface area contributed by atoms with Crippen LogP contribution in [0.2, 0.25) is 0 Å². The Hall–Kier alpha value is -1.77. The number of rotatable bonds is 11. The fourth-order valence-corrected chi connectivity index (χ4v) is 3.43. The van der Waals surface area contributed by atoms with Gasteiger partial charge in [-0.25, -0.2) is 4.79 Å². The van der Waals surface area contributed by atoms with Crippen LogP contribution in [-0.4, -0.2) is 16.1 Å². The van der Waals surface area contributed by atoms with Gasteiger partial charge in [0.2, 0.25) is 0 Å². The number of unbranched alkanes of at least 4 members (excludes halogenated alkanes) is 6. The summed E-state index contributed by atoms with van der Waals surface area (Å²) in [5.74, 6) is -0.329. The average Bonchev–Trinajstić information content (AvgIpc) is 3.00. The molecule has 2 aromatic rings. The van der Waals surface area contributed by atoms with Gasteiger partial charge in [-0.1, -0.05) is 64.9 Å². The first-order chi connectivity index (χ1) is 11.7. The van der Waals surface area contributed by atoms with Gasteiger partial charge in [-0.15, -0.1) is 0 Å². The van der Waals surface area contributed by atoms with Crippen molar-refractivity contribution in [3.05, 3.63) is 35.5 Å². The number of carboxylic acids is 1. The van der Waals surface area contributed by atoms with Gasteiger partial charge in [0.15, 0.2) is 0 Å². The van der Waals surface area contributed by atoms with Gasteiger partial charge in [0.1, 0.15) is 0 Å². The zero-order chi connectivity index (χ0) is 17.4. The Bertz CT molecular complexity index is 644. The molecule has 0 saturated carbocycles. The molecular formula is C21H31NO2. The predicted molar refractivity (Wildman–Crippen MR) is 101 cm³/mol. The summed E-state index contributed by atoms with van der Waals surface area (Å²) in [4.78, 5) is 14.5. The molecule has 0 radical (unpaired) electrons. The Labute approximate surface area is 145 Å². The summed E-state index contributed by atoms with van der Waals surface area (Å²) >= 11 is 0. The van der Waals surface area contributed by atoms with Gasteiger partial charge >= 0.3 is 5.97 Å². The number of aromatic nitrogens is 1. The van der Waals surface area contributed by atoms with E-state index in [0.29, 0.717) is 11.5 Å². The molecule has 0 spiro atoms. The number of aromatic carboxylic acids is 1. The van der Waals surface area contributed by atoms with Crippen LogP contribution in [0, 0.1) is 0 Å². The van der Waals surface area contributed by atoms with Crippen molar-refractivity contribution in [3.8, 4) is 0 Å². The SMILES string of the molecule is CCCCCCCCCC(CC)c1cc2ccc(C(=O)O)cc2[nH]1. The zero-order valence-electron chi connectivity index (χ0n) is 15.1. The Morgan fingerprint density at radius 3 is 2.42 bits per heavy atom. The van der Waals surface area contributed by atoms with E-state index in [2.05, 4.69) is 24.9 Å². The fraction of sp³-hybridized carbons (Fsp3) is 0.571. The van der Waals surface area contributed by atoms with Crippen LogP contribution in [0.3, 0.4) is 0 Å². The molecule has 132 valence electrons.